The number of aromatic nitrogens is 4. The van der Waals surface area contributed by atoms with Gasteiger partial charge in [0.15, 0.2) is 5.82 Å². The van der Waals surface area contributed by atoms with Crippen LogP contribution in [-0.2, 0) is 4.74 Å². The van der Waals surface area contributed by atoms with E-state index >= 15 is 0 Å². The molecule has 0 atom stereocenters. The van der Waals surface area contributed by atoms with E-state index in [0.29, 0.717) is 19.7 Å². The first-order valence-corrected chi connectivity index (χ1v) is 9.35. The van der Waals surface area contributed by atoms with Crippen LogP contribution in [0, 0.1) is 6.92 Å². The van der Waals surface area contributed by atoms with Crippen molar-refractivity contribution in [1.82, 2.24) is 24.4 Å². The Balaban J connectivity index is 1.59. The van der Waals surface area contributed by atoms with Crippen molar-refractivity contribution in [2.24, 2.45) is 0 Å². The molecule has 0 unspecified atom stereocenters. The van der Waals surface area contributed by atoms with Crippen molar-refractivity contribution in [1.29, 1.82) is 0 Å². The molecule has 1 aromatic carbocycles. The highest BCUT2D eigenvalue weighted by Gasteiger charge is 2.26. The third-order valence-electron chi connectivity index (χ3n) is 5.01. The Kier molecular flexibility index (Phi) is 4.75. The first-order chi connectivity index (χ1) is 13.2. The van der Waals surface area contributed by atoms with Gasteiger partial charge in [0.05, 0.1) is 23.3 Å². The molecule has 3 heterocycles. The molecule has 0 radical (unpaired) electrons. The zero-order chi connectivity index (χ0) is 18.8. The molecule has 0 bridgehead atoms. The summed E-state index contributed by atoms with van der Waals surface area (Å²) in [5.41, 5.74) is 3.43. The van der Waals surface area contributed by atoms with E-state index in [1.807, 2.05) is 50.5 Å². The van der Waals surface area contributed by atoms with Crippen molar-refractivity contribution >= 4 is 17.1 Å². The molecule has 0 saturated carbocycles. The second-order valence-electron chi connectivity index (χ2n) is 6.72. The molecule has 1 aliphatic rings. The van der Waals surface area contributed by atoms with Crippen molar-refractivity contribution in [3.63, 3.8) is 0 Å². The maximum absolute atomic E-state index is 11.9. The van der Waals surface area contributed by atoms with Gasteiger partial charge in [-0.15, -0.1) is 0 Å². The second kappa shape index (κ2) is 7.34. The van der Waals surface area contributed by atoms with Crippen molar-refractivity contribution in [2.45, 2.75) is 32.7 Å². The Morgan fingerprint density at radius 1 is 1.19 bits per heavy atom. The van der Waals surface area contributed by atoms with Crippen molar-refractivity contribution in [3.8, 4) is 11.5 Å². The molecule has 0 aliphatic carbocycles. The van der Waals surface area contributed by atoms with Crippen LogP contribution in [0.1, 0.15) is 31.5 Å². The largest absolute Gasteiger partial charge is 0.450 e. The van der Waals surface area contributed by atoms with Crippen molar-refractivity contribution in [3.05, 3.63) is 42.4 Å². The fourth-order valence-corrected chi connectivity index (χ4v) is 3.63. The number of amides is 1. The van der Waals surface area contributed by atoms with Gasteiger partial charge in [0.1, 0.15) is 5.69 Å². The number of nitrogens with zero attached hydrogens (tertiary/aromatic N) is 5. The number of fused-ring (bicyclic) bond motifs is 1. The maximum Gasteiger partial charge on any atom is 0.409 e. The summed E-state index contributed by atoms with van der Waals surface area (Å²) in [6, 6.07) is 8.15. The zero-order valence-corrected chi connectivity index (χ0v) is 15.6. The summed E-state index contributed by atoms with van der Waals surface area (Å²) >= 11 is 0. The van der Waals surface area contributed by atoms with Crippen LogP contribution in [-0.4, -0.2) is 50.2 Å². The van der Waals surface area contributed by atoms with Crippen LogP contribution < -0.4 is 0 Å². The maximum atomic E-state index is 11.9. The Morgan fingerprint density at radius 2 is 1.89 bits per heavy atom. The number of hydrogen-bond donors (Lipinski definition) is 0. The normalized spacial score (nSPS) is 15.3. The predicted molar refractivity (Wildman–Crippen MR) is 102 cm³/mol. The lowest BCUT2D eigenvalue weighted by atomic mass is 10.0. The van der Waals surface area contributed by atoms with E-state index in [-0.39, 0.29) is 12.1 Å². The van der Waals surface area contributed by atoms with E-state index in [0.717, 1.165) is 41.1 Å². The molecule has 27 heavy (non-hydrogen) atoms. The minimum Gasteiger partial charge on any atom is -0.450 e. The average Bonchev–Trinajstić information content (AvgIpc) is 3.17. The quantitative estimate of drug-likeness (QED) is 0.709. The molecule has 1 fully saturated rings. The topological polar surface area (TPSA) is 73.1 Å². The van der Waals surface area contributed by atoms with Gasteiger partial charge in [-0.1, -0.05) is 12.1 Å². The standard InChI is InChI=1S/C20H23N5O2/c1-3-27-20(26)24-11-8-15(9-12-24)25-13-10-21-19(25)18-14(2)22-16-6-4-5-7-17(16)23-18/h4-7,10,13,15H,3,8-9,11-12H2,1-2H3. The number of benzene rings is 1. The second-order valence-corrected chi connectivity index (χ2v) is 6.72. The van der Waals surface area contributed by atoms with Gasteiger partial charge in [-0.3, -0.25) is 0 Å². The summed E-state index contributed by atoms with van der Waals surface area (Å²) in [6.07, 6.45) is 5.31. The highest BCUT2D eigenvalue weighted by Crippen LogP contribution is 2.29. The molecule has 7 nitrogen and oxygen atoms in total. The fraction of sp³-hybridized carbons (Fsp3) is 0.400. The number of rotatable bonds is 3. The highest BCUT2D eigenvalue weighted by atomic mass is 16.6. The summed E-state index contributed by atoms with van der Waals surface area (Å²) in [5.74, 6) is 0.834. The van der Waals surface area contributed by atoms with Crippen molar-refractivity contribution < 1.29 is 9.53 Å². The Bertz CT molecular complexity index is 960. The van der Waals surface area contributed by atoms with Crippen LogP contribution >= 0.6 is 0 Å². The van der Waals surface area contributed by atoms with Gasteiger partial charge in [0, 0.05) is 31.5 Å². The van der Waals surface area contributed by atoms with E-state index in [1.165, 1.54) is 0 Å². The van der Waals surface area contributed by atoms with Crippen LogP contribution in [0.25, 0.3) is 22.6 Å². The Hall–Kier alpha value is -2.96. The summed E-state index contributed by atoms with van der Waals surface area (Å²) in [4.78, 5) is 27.8. The number of piperidine rings is 1. The lowest BCUT2D eigenvalue weighted by Crippen LogP contribution is -2.39. The minimum absolute atomic E-state index is 0.224. The number of imidazole rings is 1. The fourth-order valence-electron chi connectivity index (χ4n) is 3.63. The number of carbonyl (C=O) groups is 1. The van der Waals surface area contributed by atoms with Crippen LogP contribution in [0.15, 0.2) is 36.7 Å². The van der Waals surface area contributed by atoms with Gasteiger partial charge >= 0.3 is 6.09 Å². The minimum atomic E-state index is -0.224. The molecular formula is C20H23N5O2. The van der Waals surface area contributed by atoms with E-state index < -0.39 is 0 Å². The van der Waals surface area contributed by atoms with Crippen LogP contribution in [0.2, 0.25) is 0 Å². The van der Waals surface area contributed by atoms with Crippen LogP contribution in [0.3, 0.4) is 0 Å². The van der Waals surface area contributed by atoms with Gasteiger partial charge in [-0.2, -0.15) is 0 Å². The third-order valence-corrected chi connectivity index (χ3v) is 5.01. The molecule has 4 rings (SSSR count). The summed E-state index contributed by atoms with van der Waals surface area (Å²) in [5, 5.41) is 0. The summed E-state index contributed by atoms with van der Waals surface area (Å²) < 4.78 is 7.28. The summed E-state index contributed by atoms with van der Waals surface area (Å²) in [7, 11) is 0. The number of carbonyl (C=O) groups excluding carboxylic acids is 1. The first kappa shape index (κ1) is 17.5. The molecule has 140 valence electrons. The van der Waals surface area contributed by atoms with Gasteiger partial charge in [0.25, 0.3) is 0 Å². The summed E-state index contributed by atoms with van der Waals surface area (Å²) in [6.45, 7) is 5.57. The number of ether oxygens (including phenoxy) is 1. The van der Waals surface area contributed by atoms with Crippen LogP contribution in [0.5, 0.6) is 0 Å². The number of hydrogen-bond acceptors (Lipinski definition) is 5. The van der Waals surface area contributed by atoms with Gasteiger partial charge < -0.3 is 14.2 Å². The number of aryl methyl sites for hydroxylation is 1. The molecule has 0 N–H and O–H groups in total. The molecule has 3 aromatic rings. The number of para-hydroxylation sites is 2. The Labute approximate surface area is 158 Å². The molecule has 7 heteroatoms. The van der Waals surface area contributed by atoms with Crippen molar-refractivity contribution in [2.75, 3.05) is 19.7 Å². The van der Waals surface area contributed by atoms with Gasteiger partial charge in [0.2, 0.25) is 0 Å². The lowest BCUT2D eigenvalue weighted by molar-refractivity contribution is 0.0928. The molecular weight excluding hydrogens is 342 g/mol. The highest BCUT2D eigenvalue weighted by molar-refractivity contribution is 5.77. The molecule has 0 spiro atoms. The lowest BCUT2D eigenvalue weighted by Gasteiger charge is -2.32. The van der Waals surface area contributed by atoms with E-state index in [2.05, 4.69) is 14.5 Å². The monoisotopic (exact) mass is 365 g/mol. The van der Waals surface area contributed by atoms with Crippen LogP contribution in [0.4, 0.5) is 4.79 Å². The molecule has 1 aliphatic heterocycles. The number of likely N-dealkylation sites (tertiary alicyclic amines) is 1. The third kappa shape index (κ3) is 3.37. The molecule has 1 amide bonds. The first-order valence-electron chi connectivity index (χ1n) is 9.35. The SMILES string of the molecule is CCOC(=O)N1CCC(n2ccnc2-c2nc3ccccc3nc2C)CC1. The smallest absolute Gasteiger partial charge is 0.409 e. The van der Waals surface area contributed by atoms with E-state index in [9.17, 15) is 4.79 Å². The molecule has 1 saturated heterocycles. The zero-order valence-electron chi connectivity index (χ0n) is 15.6. The average molecular weight is 365 g/mol. The molecule has 2 aromatic heterocycles. The van der Waals surface area contributed by atoms with E-state index in [4.69, 9.17) is 9.72 Å². The van der Waals surface area contributed by atoms with E-state index in [1.54, 1.807) is 4.90 Å². The van der Waals surface area contributed by atoms with Gasteiger partial charge in [-0.05, 0) is 38.8 Å². The predicted octanol–water partition coefficient (Wildman–Crippen LogP) is 3.60. The Morgan fingerprint density at radius 3 is 2.59 bits per heavy atom. The van der Waals surface area contributed by atoms with Gasteiger partial charge in [-0.25, -0.2) is 19.7 Å².